The summed E-state index contributed by atoms with van der Waals surface area (Å²) in [5.41, 5.74) is 2.54. The van der Waals surface area contributed by atoms with Crippen LogP contribution in [0.3, 0.4) is 0 Å². The van der Waals surface area contributed by atoms with Gasteiger partial charge < -0.3 is 10.1 Å². The van der Waals surface area contributed by atoms with Gasteiger partial charge in [0.2, 0.25) is 0 Å². The second kappa shape index (κ2) is 6.83. The van der Waals surface area contributed by atoms with Gasteiger partial charge in [-0.1, -0.05) is 37.3 Å². The Kier molecular flexibility index (Phi) is 4.85. The molecule has 2 heteroatoms. The van der Waals surface area contributed by atoms with E-state index in [0.29, 0.717) is 5.92 Å². The maximum atomic E-state index is 5.14. The van der Waals surface area contributed by atoms with Crippen molar-refractivity contribution in [3.05, 3.63) is 60.2 Å². The van der Waals surface area contributed by atoms with Crippen LogP contribution in [0.25, 0.3) is 0 Å². The number of rotatable bonds is 6. The Bertz CT molecular complexity index is 478. The van der Waals surface area contributed by atoms with E-state index >= 15 is 0 Å². The van der Waals surface area contributed by atoms with E-state index < -0.39 is 0 Å². The highest BCUT2D eigenvalue weighted by atomic mass is 16.5. The standard InChI is InChI=1S/C17H21NO/c1-14(15-6-4-3-5-7-15)12-13-18-16-8-10-17(19-2)11-9-16/h3-11,14,18H,12-13H2,1-2H3. The summed E-state index contributed by atoms with van der Waals surface area (Å²) >= 11 is 0. The first-order valence-electron chi connectivity index (χ1n) is 6.72. The molecule has 0 aromatic heterocycles. The third-order valence-electron chi connectivity index (χ3n) is 3.37. The van der Waals surface area contributed by atoms with E-state index in [1.54, 1.807) is 7.11 Å². The molecule has 0 fully saturated rings. The maximum Gasteiger partial charge on any atom is 0.119 e. The van der Waals surface area contributed by atoms with Crippen LogP contribution in [0.2, 0.25) is 0 Å². The van der Waals surface area contributed by atoms with Crippen LogP contribution >= 0.6 is 0 Å². The van der Waals surface area contributed by atoms with Crippen LogP contribution in [0.15, 0.2) is 54.6 Å². The van der Waals surface area contributed by atoms with Crippen molar-refractivity contribution >= 4 is 5.69 Å². The number of ether oxygens (including phenoxy) is 1. The van der Waals surface area contributed by atoms with Gasteiger partial charge in [-0.3, -0.25) is 0 Å². The second-order valence-electron chi connectivity index (χ2n) is 4.76. The largest absolute Gasteiger partial charge is 0.497 e. The van der Waals surface area contributed by atoms with Gasteiger partial charge >= 0.3 is 0 Å². The van der Waals surface area contributed by atoms with E-state index in [1.165, 1.54) is 5.56 Å². The lowest BCUT2D eigenvalue weighted by atomic mass is 9.98. The van der Waals surface area contributed by atoms with Gasteiger partial charge in [0.15, 0.2) is 0 Å². The van der Waals surface area contributed by atoms with Crippen LogP contribution < -0.4 is 10.1 Å². The van der Waals surface area contributed by atoms with Crippen LogP contribution in [0, 0.1) is 0 Å². The topological polar surface area (TPSA) is 21.3 Å². The quantitative estimate of drug-likeness (QED) is 0.831. The predicted molar refractivity (Wildman–Crippen MR) is 81.0 cm³/mol. The number of hydrogen-bond acceptors (Lipinski definition) is 2. The third-order valence-corrected chi connectivity index (χ3v) is 3.37. The number of benzene rings is 2. The average Bonchev–Trinajstić information content (AvgIpc) is 2.49. The number of nitrogens with one attached hydrogen (secondary N) is 1. The summed E-state index contributed by atoms with van der Waals surface area (Å²) < 4.78 is 5.14. The molecular formula is C17H21NO. The molecule has 0 saturated heterocycles. The maximum absolute atomic E-state index is 5.14. The summed E-state index contributed by atoms with van der Waals surface area (Å²) in [7, 11) is 1.68. The van der Waals surface area contributed by atoms with Crippen molar-refractivity contribution in [2.24, 2.45) is 0 Å². The van der Waals surface area contributed by atoms with Crippen molar-refractivity contribution in [1.29, 1.82) is 0 Å². The molecule has 1 atom stereocenters. The summed E-state index contributed by atoms with van der Waals surface area (Å²) in [5.74, 6) is 1.47. The molecule has 0 spiro atoms. The van der Waals surface area contributed by atoms with Gasteiger partial charge in [0, 0.05) is 12.2 Å². The lowest BCUT2D eigenvalue weighted by molar-refractivity contribution is 0.415. The van der Waals surface area contributed by atoms with Gasteiger partial charge in [-0.15, -0.1) is 0 Å². The van der Waals surface area contributed by atoms with Crippen molar-refractivity contribution in [1.82, 2.24) is 0 Å². The fourth-order valence-electron chi connectivity index (χ4n) is 2.09. The van der Waals surface area contributed by atoms with Crippen molar-refractivity contribution < 1.29 is 4.74 Å². The normalized spacial score (nSPS) is 11.9. The molecule has 0 saturated carbocycles. The van der Waals surface area contributed by atoms with E-state index in [1.807, 2.05) is 24.3 Å². The van der Waals surface area contributed by atoms with Crippen LogP contribution in [0.4, 0.5) is 5.69 Å². The zero-order valence-electron chi connectivity index (χ0n) is 11.6. The molecule has 1 unspecified atom stereocenters. The molecule has 2 aromatic carbocycles. The van der Waals surface area contributed by atoms with Gasteiger partial charge in [-0.05, 0) is 42.2 Å². The molecule has 0 bridgehead atoms. The monoisotopic (exact) mass is 255 g/mol. The fraction of sp³-hybridized carbons (Fsp3) is 0.294. The molecule has 0 radical (unpaired) electrons. The first-order chi connectivity index (χ1) is 9.29. The Morgan fingerprint density at radius 3 is 2.32 bits per heavy atom. The van der Waals surface area contributed by atoms with E-state index in [9.17, 15) is 0 Å². The highest BCUT2D eigenvalue weighted by Crippen LogP contribution is 2.19. The Hall–Kier alpha value is -1.96. The molecular weight excluding hydrogens is 234 g/mol. The first kappa shape index (κ1) is 13.5. The van der Waals surface area contributed by atoms with Gasteiger partial charge in [-0.2, -0.15) is 0 Å². The predicted octanol–water partition coefficient (Wildman–Crippen LogP) is 4.30. The molecule has 0 aliphatic carbocycles. The lowest BCUT2D eigenvalue weighted by Crippen LogP contribution is -2.05. The summed E-state index contributed by atoms with van der Waals surface area (Å²) in [6.45, 7) is 3.24. The van der Waals surface area contributed by atoms with E-state index in [2.05, 4.69) is 42.6 Å². The van der Waals surface area contributed by atoms with Gasteiger partial charge in [-0.25, -0.2) is 0 Å². The minimum Gasteiger partial charge on any atom is -0.497 e. The van der Waals surface area contributed by atoms with E-state index in [-0.39, 0.29) is 0 Å². The fourth-order valence-corrected chi connectivity index (χ4v) is 2.09. The Morgan fingerprint density at radius 2 is 1.68 bits per heavy atom. The molecule has 2 nitrogen and oxygen atoms in total. The van der Waals surface area contributed by atoms with Gasteiger partial charge in [0.1, 0.15) is 5.75 Å². The van der Waals surface area contributed by atoms with Crippen LogP contribution in [0.1, 0.15) is 24.8 Å². The van der Waals surface area contributed by atoms with Crippen molar-refractivity contribution in [2.45, 2.75) is 19.3 Å². The highest BCUT2D eigenvalue weighted by Gasteiger charge is 2.04. The minimum atomic E-state index is 0.576. The van der Waals surface area contributed by atoms with Crippen LogP contribution in [-0.4, -0.2) is 13.7 Å². The van der Waals surface area contributed by atoms with E-state index in [4.69, 9.17) is 4.74 Å². The molecule has 0 amide bonds. The molecule has 100 valence electrons. The molecule has 2 aromatic rings. The first-order valence-corrected chi connectivity index (χ1v) is 6.72. The molecule has 1 N–H and O–H groups in total. The van der Waals surface area contributed by atoms with E-state index in [0.717, 1.165) is 24.4 Å². The number of hydrogen-bond donors (Lipinski definition) is 1. The Balaban J connectivity index is 1.79. The smallest absolute Gasteiger partial charge is 0.119 e. The summed E-state index contributed by atoms with van der Waals surface area (Å²) in [6, 6.07) is 18.7. The molecule has 0 aliphatic rings. The summed E-state index contributed by atoms with van der Waals surface area (Å²) in [5, 5.41) is 3.44. The average molecular weight is 255 g/mol. The Morgan fingerprint density at radius 1 is 1.00 bits per heavy atom. The van der Waals surface area contributed by atoms with Crippen LogP contribution in [-0.2, 0) is 0 Å². The van der Waals surface area contributed by atoms with Crippen molar-refractivity contribution in [3.63, 3.8) is 0 Å². The third kappa shape index (κ3) is 4.02. The Labute approximate surface area is 115 Å². The molecule has 2 rings (SSSR count). The minimum absolute atomic E-state index is 0.576. The van der Waals surface area contributed by atoms with Crippen LogP contribution in [0.5, 0.6) is 5.75 Å². The second-order valence-corrected chi connectivity index (χ2v) is 4.76. The number of methoxy groups -OCH3 is 1. The SMILES string of the molecule is COc1ccc(NCCC(C)c2ccccc2)cc1. The summed E-state index contributed by atoms with van der Waals surface area (Å²) in [6.07, 6.45) is 1.12. The summed E-state index contributed by atoms with van der Waals surface area (Å²) in [4.78, 5) is 0. The van der Waals surface area contributed by atoms with Crippen molar-refractivity contribution in [2.75, 3.05) is 19.0 Å². The lowest BCUT2D eigenvalue weighted by Gasteiger charge is -2.13. The number of anilines is 1. The highest BCUT2D eigenvalue weighted by molar-refractivity contribution is 5.46. The zero-order chi connectivity index (χ0) is 13.5. The molecule has 0 heterocycles. The van der Waals surface area contributed by atoms with Gasteiger partial charge in [0.25, 0.3) is 0 Å². The molecule has 19 heavy (non-hydrogen) atoms. The zero-order valence-corrected chi connectivity index (χ0v) is 11.6. The van der Waals surface area contributed by atoms with Crippen molar-refractivity contribution in [3.8, 4) is 5.75 Å². The van der Waals surface area contributed by atoms with Gasteiger partial charge in [0.05, 0.1) is 7.11 Å². The molecule has 0 aliphatic heterocycles.